The lowest BCUT2D eigenvalue weighted by Crippen LogP contribution is -2.58. The molecule has 1 saturated carbocycles. The van der Waals surface area contributed by atoms with E-state index >= 15 is 0 Å². The highest BCUT2D eigenvalue weighted by molar-refractivity contribution is 5.16. The topological polar surface area (TPSA) is 44.5 Å². The summed E-state index contributed by atoms with van der Waals surface area (Å²) in [4.78, 5) is 0. The molecule has 1 fully saturated rings. The van der Waals surface area contributed by atoms with Crippen molar-refractivity contribution in [1.82, 2.24) is 0 Å². The van der Waals surface area contributed by atoms with Crippen LogP contribution in [0.4, 0.5) is 4.39 Å². The van der Waals surface area contributed by atoms with Gasteiger partial charge in [0.1, 0.15) is 5.82 Å². The Balaban J connectivity index is 1.82. The molecule has 1 aromatic carbocycles. The quantitative estimate of drug-likeness (QED) is 0.845. The fourth-order valence-electron chi connectivity index (χ4n) is 2.08. The van der Waals surface area contributed by atoms with Crippen LogP contribution < -0.4 is 5.73 Å². The Labute approximate surface area is 107 Å². The molecule has 0 heterocycles. The molecule has 0 aliphatic heterocycles. The average molecular weight is 253 g/mol. The largest absolute Gasteiger partial charge is 0.374 e. The molecule has 1 aromatic rings. The highest BCUT2D eigenvalue weighted by atomic mass is 19.1. The third kappa shape index (κ3) is 3.07. The number of rotatable bonds is 6. The predicted molar refractivity (Wildman–Crippen MR) is 67.6 cm³/mol. The molecule has 2 rings (SSSR count). The van der Waals surface area contributed by atoms with Crippen LogP contribution in [0.2, 0.25) is 0 Å². The van der Waals surface area contributed by atoms with Crippen LogP contribution in [0.3, 0.4) is 0 Å². The molecule has 0 aromatic heterocycles. The standard InChI is InChI=1S/C14H20FNO2/c1-2-7-17-14-12(16)8-13(14)18-9-10-5-3-4-6-11(10)15/h3-6,12-14H,2,7-9,16H2,1H3. The van der Waals surface area contributed by atoms with E-state index in [-0.39, 0.29) is 30.7 Å². The molecule has 0 bridgehead atoms. The van der Waals surface area contributed by atoms with Crippen molar-refractivity contribution in [3.8, 4) is 0 Å². The first-order valence-corrected chi connectivity index (χ1v) is 6.44. The van der Waals surface area contributed by atoms with Crippen molar-refractivity contribution in [2.24, 2.45) is 5.73 Å². The molecule has 1 aliphatic carbocycles. The van der Waals surface area contributed by atoms with Gasteiger partial charge in [0.25, 0.3) is 0 Å². The van der Waals surface area contributed by atoms with E-state index in [1.165, 1.54) is 6.07 Å². The van der Waals surface area contributed by atoms with Gasteiger partial charge >= 0.3 is 0 Å². The van der Waals surface area contributed by atoms with Crippen molar-refractivity contribution in [1.29, 1.82) is 0 Å². The molecule has 0 radical (unpaired) electrons. The van der Waals surface area contributed by atoms with Crippen LogP contribution >= 0.6 is 0 Å². The van der Waals surface area contributed by atoms with Gasteiger partial charge in [-0.2, -0.15) is 0 Å². The molecule has 100 valence electrons. The molecule has 2 N–H and O–H groups in total. The van der Waals surface area contributed by atoms with E-state index in [4.69, 9.17) is 15.2 Å². The van der Waals surface area contributed by atoms with Gasteiger partial charge < -0.3 is 15.2 Å². The molecule has 1 aliphatic rings. The minimum atomic E-state index is -0.229. The van der Waals surface area contributed by atoms with E-state index in [1.807, 2.05) is 0 Å². The van der Waals surface area contributed by atoms with Gasteiger partial charge in [-0.25, -0.2) is 4.39 Å². The maximum atomic E-state index is 13.4. The van der Waals surface area contributed by atoms with Crippen molar-refractivity contribution in [3.63, 3.8) is 0 Å². The van der Waals surface area contributed by atoms with Crippen LogP contribution in [0.1, 0.15) is 25.3 Å². The Kier molecular flexibility index (Phi) is 4.69. The zero-order valence-electron chi connectivity index (χ0n) is 10.6. The van der Waals surface area contributed by atoms with E-state index < -0.39 is 0 Å². The van der Waals surface area contributed by atoms with Crippen molar-refractivity contribution < 1.29 is 13.9 Å². The molecule has 18 heavy (non-hydrogen) atoms. The Morgan fingerprint density at radius 3 is 2.78 bits per heavy atom. The SMILES string of the molecule is CCCOC1C(N)CC1OCc1ccccc1F. The minimum Gasteiger partial charge on any atom is -0.374 e. The number of halogens is 1. The average Bonchev–Trinajstić information content (AvgIpc) is 2.36. The third-order valence-corrected chi connectivity index (χ3v) is 3.22. The van der Waals surface area contributed by atoms with Gasteiger partial charge in [0, 0.05) is 18.2 Å². The first-order chi connectivity index (χ1) is 8.72. The van der Waals surface area contributed by atoms with Crippen LogP contribution in [0.5, 0.6) is 0 Å². The second kappa shape index (κ2) is 6.27. The summed E-state index contributed by atoms with van der Waals surface area (Å²) >= 11 is 0. The number of hydrogen-bond donors (Lipinski definition) is 1. The van der Waals surface area contributed by atoms with E-state index in [0.29, 0.717) is 12.2 Å². The summed E-state index contributed by atoms with van der Waals surface area (Å²) in [6.07, 6.45) is 1.69. The lowest BCUT2D eigenvalue weighted by atomic mass is 9.86. The smallest absolute Gasteiger partial charge is 0.128 e. The number of ether oxygens (including phenoxy) is 2. The normalized spacial score (nSPS) is 26.9. The van der Waals surface area contributed by atoms with Gasteiger partial charge in [0.15, 0.2) is 0 Å². The molecule has 0 saturated heterocycles. The maximum absolute atomic E-state index is 13.4. The van der Waals surface area contributed by atoms with Crippen LogP contribution in [-0.4, -0.2) is 24.9 Å². The Morgan fingerprint density at radius 2 is 2.11 bits per heavy atom. The maximum Gasteiger partial charge on any atom is 0.128 e. The summed E-state index contributed by atoms with van der Waals surface area (Å²) in [7, 11) is 0. The monoisotopic (exact) mass is 253 g/mol. The first-order valence-electron chi connectivity index (χ1n) is 6.44. The third-order valence-electron chi connectivity index (χ3n) is 3.22. The zero-order chi connectivity index (χ0) is 13.0. The van der Waals surface area contributed by atoms with Gasteiger partial charge in [-0.1, -0.05) is 25.1 Å². The number of benzene rings is 1. The Bertz CT molecular complexity index is 386. The summed E-state index contributed by atoms with van der Waals surface area (Å²) in [5.74, 6) is -0.229. The summed E-state index contributed by atoms with van der Waals surface area (Å²) in [5.41, 5.74) is 6.45. The molecule has 3 atom stereocenters. The van der Waals surface area contributed by atoms with Gasteiger partial charge in [0.05, 0.1) is 18.8 Å². The fourth-order valence-corrected chi connectivity index (χ4v) is 2.08. The summed E-state index contributed by atoms with van der Waals surface area (Å²) in [6.45, 7) is 3.02. The fraction of sp³-hybridized carbons (Fsp3) is 0.571. The molecule has 3 unspecified atom stereocenters. The Morgan fingerprint density at radius 1 is 1.33 bits per heavy atom. The molecule has 4 heteroatoms. The van der Waals surface area contributed by atoms with Gasteiger partial charge in [-0.3, -0.25) is 0 Å². The number of nitrogens with two attached hydrogens (primary N) is 1. The van der Waals surface area contributed by atoms with E-state index in [0.717, 1.165) is 12.8 Å². The summed E-state index contributed by atoms with van der Waals surface area (Å²) in [5, 5.41) is 0. The van der Waals surface area contributed by atoms with E-state index in [9.17, 15) is 4.39 Å². The first kappa shape index (κ1) is 13.5. The lowest BCUT2D eigenvalue weighted by Gasteiger charge is -2.41. The highest BCUT2D eigenvalue weighted by Gasteiger charge is 2.40. The number of hydrogen-bond acceptors (Lipinski definition) is 3. The van der Waals surface area contributed by atoms with Gasteiger partial charge in [0.2, 0.25) is 0 Å². The molecule has 3 nitrogen and oxygen atoms in total. The summed E-state index contributed by atoms with van der Waals surface area (Å²) < 4.78 is 24.7. The van der Waals surface area contributed by atoms with Gasteiger partial charge in [-0.15, -0.1) is 0 Å². The van der Waals surface area contributed by atoms with Crippen LogP contribution in [0.15, 0.2) is 24.3 Å². The van der Waals surface area contributed by atoms with Crippen molar-refractivity contribution in [2.75, 3.05) is 6.61 Å². The van der Waals surface area contributed by atoms with Crippen LogP contribution in [-0.2, 0) is 16.1 Å². The lowest BCUT2D eigenvalue weighted by molar-refractivity contribution is -0.145. The molecule has 0 amide bonds. The second-order valence-electron chi connectivity index (χ2n) is 4.68. The molecular formula is C14H20FNO2. The zero-order valence-corrected chi connectivity index (χ0v) is 10.6. The minimum absolute atomic E-state index is 0.00819. The highest BCUT2D eigenvalue weighted by Crippen LogP contribution is 2.27. The van der Waals surface area contributed by atoms with Crippen molar-refractivity contribution in [3.05, 3.63) is 35.6 Å². The van der Waals surface area contributed by atoms with Crippen molar-refractivity contribution in [2.45, 2.75) is 44.6 Å². The van der Waals surface area contributed by atoms with Crippen LogP contribution in [0, 0.1) is 5.82 Å². The summed E-state index contributed by atoms with van der Waals surface area (Å²) in [6, 6.07) is 6.69. The van der Waals surface area contributed by atoms with Crippen molar-refractivity contribution >= 4 is 0 Å². The van der Waals surface area contributed by atoms with E-state index in [2.05, 4.69) is 6.92 Å². The second-order valence-corrected chi connectivity index (χ2v) is 4.68. The predicted octanol–water partition coefficient (Wildman–Crippen LogP) is 2.24. The molecule has 0 spiro atoms. The van der Waals surface area contributed by atoms with Crippen LogP contribution in [0.25, 0.3) is 0 Å². The van der Waals surface area contributed by atoms with E-state index in [1.54, 1.807) is 18.2 Å². The van der Waals surface area contributed by atoms with Gasteiger partial charge in [-0.05, 0) is 18.9 Å². The molecular weight excluding hydrogens is 233 g/mol. The Hall–Kier alpha value is -0.970.